The van der Waals surface area contributed by atoms with E-state index in [1.165, 1.54) is 12.1 Å². The van der Waals surface area contributed by atoms with E-state index in [2.05, 4.69) is 0 Å². The molecule has 0 aliphatic carbocycles. The van der Waals surface area contributed by atoms with Crippen molar-refractivity contribution in [1.82, 2.24) is 4.31 Å². The van der Waals surface area contributed by atoms with Gasteiger partial charge in [0.1, 0.15) is 46.8 Å². The lowest BCUT2D eigenvalue weighted by molar-refractivity contribution is -0.137. The van der Waals surface area contributed by atoms with Gasteiger partial charge in [-0.05, 0) is 18.2 Å². The molecule has 0 bridgehead atoms. The molecule has 0 radical (unpaired) electrons. The highest BCUT2D eigenvalue weighted by atomic mass is 32.2. The van der Waals surface area contributed by atoms with Crippen LogP contribution in [0.5, 0.6) is 5.75 Å². The number of rotatable bonds is 5. The topological polar surface area (TPSA) is 135 Å². The van der Waals surface area contributed by atoms with E-state index >= 15 is 0 Å². The van der Waals surface area contributed by atoms with E-state index in [0.29, 0.717) is 34.6 Å². The maximum Gasteiger partial charge on any atom is 0.416 e. The Hall–Kier alpha value is -3.30. The fraction of sp³-hybridized carbons (Fsp3) is 0.300. The summed E-state index contributed by atoms with van der Waals surface area (Å²) in [5.41, 5.74) is -5.22. The number of benzene rings is 2. The molecule has 0 spiro atoms. The Morgan fingerprint density at radius 3 is 2.26 bits per heavy atom. The monoisotopic (exact) mass is 503 g/mol. The van der Waals surface area contributed by atoms with Gasteiger partial charge in [-0.15, -0.1) is 0 Å². The van der Waals surface area contributed by atoms with Crippen molar-refractivity contribution in [1.29, 1.82) is 10.5 Å². The lowest BCUT2D eigenvalue weighted by atomic mass is 10.0. The summed E-state index contributed by atoms with van der Waals surface area (Å²) >= 11 is 0. The maximum atomic E-state index is 13.9. The largest absolute Gasteiger partial charge is 0.486 e. The van der Waals surface area contributed by atoms with Crippen molar-refractivity contribution in [3.63, 3.8) is 0 Å². The van der Waals surface area contributed by atoms with Gasteiger partial charge in [-0.25, -0.2) is 17.2 Å². The molecule has 8 nitrogen and oxygen atoms in total. The van der Waals surface area contributed by atoms with Crippen molar-refractivity contribution < 1.29 is 45.3 Å². The molecule has 1 unspecified atom stereocenters. The molecule has 0 aromatic heterocycles. The van der Waals surface area contributed by atoms with Crippen LogP contribution in [0.25, 0.3) is 0 Å². The molecule has 180 valence electrons. The second-order valence-electron chi connectivity index (χ2n) is 7.36. The van der Waals surface area contributed by atoms with Crippen LogP contribution in [-0.4, -0.2) is 54.3 Å². The summed E-state index contributed by atoms with van der Waals surface area (Å²) in [5, 5.41) is 38.2. The highest BCUT2D eigenvalue weighted by Gasteiger charge is 2.51. The summed E-state index contributed by atoms with van der Waals surface area (Å²) in [4.78, 5) is -0.778. The van der Waals surface area contributed by atoms with Crippen LogP contribution in [0.1, 0.15) is 16.7 Å². The van der Waals surface area contributed by atoms with Gasteiger partial charge in [-0.1, -0.05) is 0 Å². The van der Waals surface area contributed by atoms with E-state index in [-0.39, 0.29) is 0 Å². The van der Waals surface area contributed by atoms with Gasteiger partial charge in [0, 0.05) is 18.7 Å². The van der Waals surface area contributed by atoms with Crippen LogP contribution in [0, 0.1) is 34.3 Å². The number of alkyl halides is 3. The third-order valence-corrected chi connectivity index (χ3v) is 7.01. The summed E-state index contributed by atoms with van der Waals surface area (Å²) in [7, 11) is -4.68. The lowest BCUT2D eigenvalue weighted by Gasteiger charge is -2.27. The summed E-state index contributed by atoms with van der Waals surface area (Å²) in [6, 6.07) is 5.36. The third kappa shape index (κ3) is 4.53. The van der Waals surface area contributed by atoms with Crippen LogP contribution in [0.2, 0.25) is 0 Å². The molecule has 1 fully saturated rings. The van der Waals surface area contributed by atoms with Crippen molar-refractivity contribution in [2.24, 2.45) is 0 Å². The number of hydrogen-bond donors (Lipinski definition) is 2. The van der Waals surface area contributed by atoms with Gasteiger partial charge < -0.3 is 14.9 Å². The van der Waals surface area contributed by atoms with Crippen LogP contribution >= 0.6 is 0 Å². The molecule has 1 saturated heterocycles. The Labute approximate surface area is 189 Å². The smallest absolute Gasteiger partial charge is 0.416 e. The number of ether oxygens (including phenoxy) is 1. The fourth-order valence-corrected chi connectivity index (χ4v) is 4.98. The Kier molecular flexibility index (Phi) is 6.56. The normalized spacial score (nSPS) is 21.1. The first-order valence-electron chi connectivity index (χ1n) is 9.27. The Morgan fingerprint density at radius 2 is 1.76 bits per heavy atom. The first-order valence-corrected chi connectivity index (χ1v) is 10.7. The van der Waals surface area contributed by atoms with Gasteiger partial charge in [0.25, 0.3) is 0 Å². The Bertz CT molecular complexity index is 1300. The first kappa shape index (κ1) is 25.3. The highest BCUT2D eigenvalue weighted by Crippen LogP contribution is 2.35. The summed E-state index contributed by atoms with van der Waals surface area (Å²) in [6.07, 6.45) is -6.40. The van der Waals surface area contributed by atoms with Crippen LogP contribution in [0.15, 0.2) is 35.2 Å². The average Bonchev–Trinajstić information content (AvgIpc) is 3.10. The first-order chi connectivity index (χ1) is 15.8. The van der Waals surface area contributed by atoms with Crippen molar-refractivity contribution in [2.75, 3.05) is 19.7 Å². The van der Waals surface area contributed by atoms with Gasteiger partial charge in [-0.2, -0.15) is 28.0 Å². The van der Waals surface area contributed by atoms with Crippen molar-refractivity contribution in [3.05, 3.63) is 58.7 Å². The third-order valence-electron chi connectivity index (χ3n) is 5.14. The van der Waals surface area contributed by atoms with E-state index in [4.69, 9.17) is 10.00 Å². The minimum absolute atomic E-state index is 0.359. The molecule has 34 heavy (non-hydrogen) atoms. The second-order valence-corrected chi connectivity index (χ2v) is 9.27. The van der Waals surface area contributed by atoms with Gasteiger partial charge in [0.2, 0.25) is 10.0 Å². The fourth-order valence-electron chi connectivity index (χ4n) is 3.36. The summed E-state index contributed by atoms with van der Waals surface area (Å²) < 4.78 is 98.5. The van der Waals surface area contributed by atoms with Crippen LogP contribution in [-0.2, 0) is 16.2 Å². The number of β-amino-alcohol motifs (C(OH)–C–C–N with tert-alkyl or cyclic N) is 1. The molecule has 3 rings (SSSR count). The van der Waals surface area contributed by atoms with Crippen LogP contribution in [0.3, 0.4) is 0 Å². The van der Waals surface area contributed by atoms with Gasteiger partial charge in [0.15, 0.2) is 0 Å². The lowest BCUT2D eigenvalue weighted by Crippen LogP contribution is -2.48. The quantitative estimate of drug-likeness (QED) is 0.595. The predicted octanol–water partition coefficient (Wildman–Crippen LogP) is 1.90. The molecule has 2 aromatic carbocycles. The van der Waals surface area contributed by atoms with E-state index in [9.17, 15) is 45.8 Å². The zero-order valence-corrected chi connectivity index (χ0v) is 17.7. The molecule has 1 aliphatic heterocycles. The predicted molar refractivity (Wildman–Crippen MR) is 102 cm³/mol. The molecule has 14 heteroatoms. The Balaban J connectivity index is 1.96. The van der Waals surface area contributed by atoms with Crippen molar-refractivity contribution in [3.8, 4) is 17.9 Å². The molecule has 2 atom stereocenters. The van der Waals surface area contributed by atoms with Gasteiger partial charge in [-0.3, -0.25) is 0 Å². The molecule has 0 amide bonds. The number of hydrogen-bond acceptors (Lipinski definition) is 7. The molecule has 1 aliphatic rings. The molecule has 0 saturated carbocycles. The number of sulfonamides is 1. The SMILES string of the molecule is N#Cc1cc(C(F)(F)F)ccc1S(=O)(=O)N1CC(Oc2cc(F)c(C#N)c(F)c2)[C@](O)(CO)C1. The minimum atomic E-state index is -4.83. The molecule has 2 N–H and O–H groups in total. The summed E-state index contributed by atoms with van der Waals surface area (Å²) in [6.45, 7) is -2.54. The van der Waals surface area contributed by atoms with Crippen molar-refractivity contribution in [2.45, 2.75) is 22.8 Å². The number of aliphatic hydroxyl groups excluding tert-OH is 1. The molecular formula is C20H14F5N3O5S. The number of nitriles is 2. The average molecular weight is 503 g/mol. The number of halogens is 5. The van der Waals surface area contributed by atoms with Gasteiger partial charge >= 0.3 is 6.18 Å². The van der Waals surface area contributed by atoms with E-state index in [1.807, 2.05) is 0 Å². The van der Waals surface area contributed by atoms with Crippen LogP contribution in [0.4, 0.5) is 22.0 Å². The molecule has 1 heterocycles. The molecular weight excluding hydrogens is 489 g/mol. The zero-order valence-electron chi connectivity index (χ0n) is 16.8. The minimum Gasteiger partial charge on any atom is -0.486 e. The molecule has 2 aromatic rings. The van der Waals surface area contributed by atoms with E-state index in [0.717, 1.165) is 0 Å². The maximum absolute atomic E-state index is 13.9. The zero-order chi connectivity index (χ0) is 25.5. The summed E-state index contributed by atoms with van der Waals surface area (Å²) in [5.74, 6) is -3.08. The van der Waals surface area contributed by atoms with Crippen molar-refractivity contribution >= 4 is 10.0 Å². The van der Waals surface area contributed by atoms with Gasteiger partial charge in [0.05, 0.1) is 29.2 Å². The van der Waals surface area contributed by atoms with Crippen LogP contribution < -0.4 is 4.74 Å². The standard InChI is InChI=1S/C20H14F5N3O5S/c21-15-4-13(5-16(22)14(15)7-27)33-18-8-28(9-19(18,30)10-29)34(31,32)17-2-1-12(20(23,24)25)3-11(17)6-26/h1-5,18,29-30H,8-10H2/t18?,19-/m1/s1. The van der Waals surface area contributed by atoms with E-state index in [1.54, 1.807) is 0 Å². The number of aliphatic hydroxyl groups is 2. The Morgan fingerprint density at radius 1 is 1.15 bits per heavy atom. The van der Waals surface area contributed by atoms with E-state index < -0.39 is 86.6 Å². The second kappa shape index (κ2) is 8.81. The number of nitrogens with zero attached hydrogens (tertiary/aromatic N) is 3. The highest BCUT2D eigenvalue weighted by molar-refractivity contribution is 7.89.